The summed E-state index contributed by atoms with van der Waals surface area (Å²) < 4.78 is 63.0. The summed E-state index contributed by atoms with van der Waals surface area (Å²) in [5.41, 5.74) is 1.53. The molecule has 0 N–H and O–H groups in total. The fourth-order valence-corrected chi connectivity index (χ4v) is 2.24. The van der Waals surface area contributed by atoms with Crippen LogP contribution >= 0.6 is 0 Å². The fourth-order valence-electron chi connectivity index (χ4n) is 2.24. The summed E-state index contributed by atoms with van der Waals surface area (Å²) in [6, 6.07) is 4.42. The standard InChI is InChI=1S/C16H14F4N4O2/c1-9(16(18,19)20)26-15-12(17)5-11(6-21-15)10-3-4-13-22-23-14(8-25-2)24(13)7-10/h3-7,9H,8H2,1-2H3/t9-/m1/s1. The summed E-state index contributed by atoms with van der Waals surface area (Å²) in [6.07, 6.45) is -3.87. The van der Waals surface area contributed by atoms with Gasteiger partial charge in [0.15, 0.2) is 23.4 Å². The molecular weight excluding hydrogens is 356 g/mol. The van der Waals surface area contributed by atoms with Crippen LogP contribution in [-0.2, 0) is 11.3 Å². The number of nitrogens with zero attached hydrogens (tertiary/aromatic N) is 4. The third kappa shape index (κ3) is 3.59. The molecule has 3 aromatic rings. The van der Waals surface area contributed by atoms with E-state index in [2.05, 4.69) is 19.9 Å². The molecule has 138 valence electrons. The van der Waals surface area contributed by atoms with Gasteiger partial charge in [0.25, 0.3) is 5.88 Å². The monoisotopic (exact) mass is 370 g/mol. The predicted molar refractivity (Wildman–Crippen MR) is 83.0 cm³/mol. The number of pyridine rings is 2. The van der Waals surface area contributed by atoms with E-state index in [-0.39, 0.29) is 6.61 Å². The molecule has 3 aromatic heterocycles. The highest BCUT2D eigenvalue weighted by atomic mass is 19.4. The van der Waals surface area contributed by atoms with Gasteiger partial charge in [0.05, 0.1) is 0 Å². The second-order valence-corrected chi connectivity index (χ2v) is 5.51. The van der Waals surface area contributed by atoms with E-state index in [1.165, 1.54) is 13.3 Å². The second-order valence-electron chi connectivity index (χ2n) is 5.51. The Balaban J connectivity index is 1.91. The molecule has 6 nitrogen and oxygen atoms in total. The zero-order valence-corrected chi connectivity index (χ0v) is 13.8. The Morgan fingerprint density at radius 1 is 1.19 bits per heavy atom. The van der Waals surface area contributed by atoms with E-state index in [1.807, 2.05) is 0 Å². The number of fused-ring (bicyclic) bond motifs is 1. The highest BCUT2D eigenvalue weighted by Crippen LogP contribution is 2.28. The molecule has 1 atom stereocenters. The number of halogens is 4. The molecule has 0 bridgehead atoms. The molecule has 0 unspecified atom stereocenters. The van der Waals surface area contributed by atoms with Crippen molar-refractivity contribution in [3.8, 4) is 17.0 Å². The molecule has 0 amide bonds. The normalized spacial score (nSPS) is 13.2. The van der Waals surface area contributed by atoms with Crippen LogP contribution in [0.3, 0.4) is 0 Å². The first-order valence-electron chi connectivity index (χ1n) is 7.51. The molecule has 26 heavy (non-hydrogen) atoms. The molecule has 3 rings (SSSR count). The molecule has 0 saturated heterocycles. The molecular formula is C16H14F4N4O2. The number of methoxy groups -OCH3 is 1. The van der Waals surface area contributed by atoms with Crippen LogP contribution in [0.4, 0.5) is 17.6 Å². The SMILES string of the molecule is COCc1nnc2ccc(-c3cnc(O[C@H](C)C(F)(F)F)c(F)c3)cn12. The molecule has 0 saturated carbocycles. The molecule has 10 heteroatoms. The van der Waals surface area contributed by atoms with Crippen LogP contribution in [0.25, 0.3) is 16.8 Å². The molecule has 3 heterocycles. The zero-order valence-electron chi connectivity index (χ0n) is 13.8. The van der Waals surface area contributed by atoms with Gasteiger partial charge >= 0.3 is 6.18 Å². The van der Waals surface area contributed by atoms with Crippen molar-refractivity contribution in [2.75, 3.05) is 7.11 Å². The van der Waals surface area contributed by atoms with Gasteiger partial charge in [-0.15, -0.1) is 10.2 Å². The van der Waals surface area contributed by atoms with E-state index in [0.29, 0.717) is 22.6 Å². The maximum atomic E-state index is 14.1. The van der Waals surface area contributed by atoms with Crippen molar-refractivity contribution in [3.05, 3.63) is 42.2 Å². The van der Waals surface area contributed by atoms with Gasteiger partial charge < -0.3 is 9.47 Å². The number of ether oxygens (including phenoxy) is 2. The van der Waals surface area contributed by atoms with E-state index in [0.717, 1.165) is 13.0 Å². The van der Waals surface area contributed by atoms with Gasteiger partial charge in [-0.2, -0.15) is 13.2 Å². The molecule has 0 aliphatic rings. The van der Waals surface area contributed by atoms with Crippen molar-refractivity contribution in [1.29, 1.82) is 0 Å². The Labute approximate surface area is 145 Å². The summed E-state index contributed by atoms with van der Waals surface area (Å²) in [6.45, 7) is 1.02. The maximum Gasteiger partial charge on any atom is 0.425 e. The van der Waals surface area contributed by atoms with E-state index < -0.39 is 24.0 Å². The van der Waals surface area contributed by atoms with Crippen LogP contribution in [0, 0.1) is 5.82 Å². The van der Waals surface area contributed by atoms with E-state index >= 15 is 0 Å². The van der Waals surface area contributed by atoms with Gasteiger partial charge in [-0.3, -0.25) is 4.40 Å². The lowest BCUT2D eigenvalue weighted by Gasteiger charge is -2.17. The Kier molecular flexibility index (Phi) is 4.77. The Morgan fingerprint density at radius 3 is 2.62 bits per heavy atom. The predicted octanol–water partition coefficient (Wildman–Crippen LogP) is 3.41. The largest absolute Gasteiger partial charge is 0.463 e. The minimum atomic E-state index is -4.61. The van der Waals surface area contributed by atoms with Crippen molar-refractivity contribution in [3.63, 3.8) is 0 Å². The summed E-state index contributed by atoms with van der Waals surface area (Å²) in [4.78, 5) is 3.67. The van der Waals surface area contributed by atoms with Crippen molar-refractivity contribution >= 4 is 5.65 Å². The van der Waals surface area contributed by atoms with Crippen molar-refractivity contribution in [2.45, 2.75) is 25.8 Å². The van der Waals surface area contributed by atoms with Gasteiger partial charge in [0.1, 0.15) is 6.61 Å². The number of hydrogen-bond acceptors (Lipinski definition) is 5. The lowest BCUT2D eigenvalue weighted by molar-refractivity contribution is -0.190. The minimum Gasteiger partial charge on any atom is -0.463 e. The van der Waals surface area contributed by atoms with Crippen molar-refractivity contribution in [1.82, 2.24) is 19.6 Å². The number of hydrogen-bond donors (Lipinski definition) is 0. The zero-order chi connectivity index (χ0) is 18.9. The Bertz CT molecular complexity index is 926. The molecule has 0 radical (unpaired) electrons. The first-order chi connectivity index (χ1) is 12.3. The van der Waals surface area contributed by atoms with Crippen LogP contribution in [0.15, 0.2) is 30.6 Å². The quantitative estimate of drug-likeness (QED) is 0.644. The first kappa shape index (κ1) is 18.1. The van der Waals surface area contributed by atoms with Crippen molar-refractivity contribution in [2.24, 2.45) is 0 Å². The Hall–Kier alpha value is -2.75. The number of alkyl halides is 3. The molecule has 0 aliphatic carbocycles. The van der Waals surface area contributed by atoms with E-state index in [1.54, 1.807) is 22.7 Å². The van der Waals surface area contributed by atoms with Crippen LogP contribution < -0.4 is 4.74 Å². The molecule has 0 fully saturated rings. The van der Waals surface area contributed by atoms with Gasteiger partial charge in [0, 0.05) is 30.6 Å². The summed E-state index contributed by atoms with van der Waals surface area (Å²) in [7, 11) is 1.52. The average Bonchev–Trinajstić information content (AvgIpc) is 2.98. The average molecular weight is 370 g/mol. The number of rotatable bonds is 5. The third-order valence-corrected chi connectivity index (χ3v) is 3.64. The first-order valence-corrected chi connectivity index (χ1v) is 7.51. The lowest BCUT2D eigenvalue weighted by Crippen LogP contribution is -2.31. The van der Waals surface area contributed by atoms with Crippen LogP contribution in [-0.4, -0.2) is 39.0 Å². The van der Waals surface area contributed by atoms with Gasteiger partial charge in [0.2, 0.25) is 0 Å². The maximum absolute atomic E-state index is 14.1. The van der Waals surface area contributed by atoms with Gasteiger partial charge in [-0.25, -0.2) is 9.37 Å². The van der Waals surface area contributed by atoms with Crippen molar-refractivity contribution < 1.29 is 27.0 Å². The van der Waals surface area contributed by atoms with Gasteiger partial charge in [-0.05, 0) is 25.1 Å². The smallest absolute Gasteiger partial charge is 0.425 e. The van der Waals surface area contributed by atoms with E-state index in [9.17, 15) is 17.6 Å². The van der Waals surface area contributed by atoms with Crippen LogP contribution in [0.5, 0.6) is 5.88 Å². The molecule has 0 spiro atoms. The molecule has 0 aliphatic heterocycles. The highest BCUT2D eigenvalue weighted by Gasteiger charge is 2.38. The highest BCUT2D eigenvalue weighted by molar-refractivity contribution is 5.64. The van der Waals surface area contributed by atoms with E-state index in [4.69, 9.17) is 4.74 Å². The lowest BCUT2D eigenvalue weighted by atomic mass is 10.1. The Morgan fingerprint density at radius 2 is 1.96 bits per heavy atom. The van der Waals surface area contributed by atoms with Crippen LogP contribution in [0.1, 0.15) is 12.7 Å². The summed E-state index contributed by atoms with van der Waals surface area (Å²) >= 11 is 0. The third-order valence-electron chi connectivity index (χ3n) is 3.64. The minimum absolute atomic E-state index is 0.235. The molecule has 0 aromatic carbocycles. The second kappa shape index (κ2) is 6.87. The summed E-state index contributed by atoms with van der Waals surface area (Å²) in [5, 5.41) is 7.95. The number of aromatic nitrogens is 4. The summed E-state index contributed by atoms with van der Waals surface area (Å²) in [5.74, 6) is -1.14. The fraction of sp³-hybridized carbons (Fsp3) is 0.312. The topological polar surface area (TPSA) is 61.5 Å². The van der Waals surface area contributed by atoms with Crippen LogP contribution in [0.2, 0.25) is 0 Å². The van der Waals surface area contributed by atoms with Gasteiger partial charge in [-0.1, -0.05) is 0 Å².